The average Bonchev–Trinajstić information content (AvgIpc) is 2.29. The van der Waals surface area contributed by atoms with E-state index in [0.717, 1.165) is 17.3 Å². The number of hydrogen-bond acceptors (Lipinski definition) is 4. The molecule has 0 bridgehead atoms. The van der Waals surface area contributed by atoms with Gasteiger partial charge in [0, 0.05) is 12.4 Å². The SMILES string of the molecule is C[C@H](NC(=O)CSCC(=O)O)c1cccnc1. The van der Waals surface area contributed by atoms with Crippen molar-refractivity contribution >= 4 is 23.6 Å². The summed E-state index contributed by atoms with van der Waals surface area (Å²) in [6, 6.07) is 3.56. The molecule has 0 unspecified atom stereocenters. The summed E-state index contributed by atoms with van der Waals surface area (Å²) in [5.74, 6) is -0.998. The molecule has 0 aliphatic heterocycles. The highest BCUT2D eigenvalue weighted by molar-refractivity contribution is 8.00. The Bertz CT molecular complexity index is 384. The molecule has 1 atom stereocenters. The Kier molecular flexibility index (Phi) is 5.48. The zero-order chi connectivity index (χ0) is 12.7. The van der Waals surface area contributed by atoms with Gasteiger partial charge in [-0.25, -0.2) is 0 Å². The van der Waals surface area contributed by atoms with Gasteiger partial charge >= 0.3 is 5.97 Å². The smallest absolute Gasteiger partial charge is 0.313 e. The number of carbonyl (C=O) groups excluding carboxylic acids is 1. The van der Waals surface area contributed by atoms with Gasteiger partial charge in [0.2, 0.25) is 5.91 Å². The van der Waals surface area contributed by atoms with Crippen molar-refractivity contribution in [1.82, 2.24) is 10.3 Å². The number of thioether (sulfide) groups is 1. The molecule has 0 saturated heterocycles. The molecule has 1 rings (SSSR count). The Morgan fingerprint density at radius 2 is 2.29 bits per heavy atom. The van der Waals surface area contributed by atoms with Crippen LogP contribution in [-0.4, -0.2) is 33.5 Å². The summed E-state index contributed by atoms with van der Waals surface area (Å²) in [5, 5.41) is 11.2. The highest BCUT2D eigenvalue weighted by Crippen LogP contribution is 2.10. The molecule has 1 aromatic rings. The van der Waals surface area contributed by atoms with Gasteiger partial charge in [-0.15, -0.1) is 11.8 Å². The normalized spacial score (nSPS) is 11.8. The van der Waals surface area contributed by atoms with Crippen molar-refractivity contribution < 1.29 is 14.7 Å². The van der Waals surface area contributed by atoms with Crippen LogP contribution in [0.3, 0.4) is 0 Å². The number of hydrogen-bond donors (Lipinski definition) is 2. The summed E-state index contributed by atoms with van der Waals surface area (Å²) in [6.45, 7) is 1.86. The van der Waals surface area contributed by atoms with Crippen LogP contribution in [0.15, 0.2) is 24.5 Å². The highest BCUT2D eigenvalue weighted by Gasteiger charge is 2.09. The lowest BCUT2D eigenvalue weighted by molar-refractivity contribution is -0.133. The molecule has 6 heteroatoms. The number of carboxylic acid groups (broad SMARTS) is 1. The Hall–Kier alpha value is -1.56. The summed E-state index contributed by atoms with van der Waals surface area (Å²) < 4.78 is 0. The maximum absolute atomic E-state index is 11.5. The Labute approximate surface area is 104 Å². The van der Waals surface area contributed by atoms with E-state index < -0.39 is 5.97 Å². The Morgan fingerprint density at radius 1 is 1.53 bits per heavy atom. The number of carboxylic acids is 1. The van der Waals surface area contributed by atoms with Crippen LogP contribution in [0.25, 0.3) is 0 Å². The van der Waals surface area contributed by atoms with Gasteiger partial charge in [-0.3, -0.25) is 14.6 Å². The fourth-order valence-electron chi connectivity index (χ4n) is 1.23. The van der Waals surface area contributed by atoms with Crippen LogP contribution in [0.5, 0.6) is 0 Å². The van der Waals surface area contributed by atoms with E-state index in [0.29, 0.717) is 0 Å². The molecule has 92 valence electrons. The number of rotatable bonds is 6. The number of pyridine rings is 1. The van der Waals surface area contributed by atoms with E-state index in [4.69, 9.17) is 5.11 Å². The van der Waals surface area contributed by atoms with Gasteiger partial charge in [0.1, 0.15) is 0 Å². The molecule has 0 fully saturated rings. The molecule has 0 aliphatic rings. The minimum absolute atomic E-state index is 0.0608. The van der Waals surface area contributed by atoms with Crippen LogP contribution in [0.2, 0.25) is 0 Å². The molecular formula is C11H14N2O3S. The predicted octanol–water partition coefficient (Wildman–Crippen LogP) is 1.08. The van der Waals surface area contributed by atoms with Crippen molar-refractivity contribution in [2.75, 3.05) is 11.5 Å². The summed E-state index contributed by atoms with van der Waals surface area (Å²) in [4.78, 5) is 25.7. The number of aliphatic carboxylic acids is 1. The molecule has 0 aliphatic carbocycles. The zero-order valence-corrected chi connectivity index (χ0v) is 10.2. The standard InChI is InChI=1S/C11H14N2O3S/c1-8(9-3-2-4-12-5-9)13-10(14)6-17-7-11(15)16/h2-5,8H,6-7H2,1H3,(H,13,14)(H,15,16)/t8-/m0/s1. The van der Waals surface area contributed by atoms with Gasteiger partial charge < -0.3 is 10.4 Å². The second-order valence-electron chi connectivity index (χ2n) is 3.46. The van der Waals surface area contributed by atoms with Crippen LogP contribution < -0.4 is 5.32 Å². The van der Waals surface area contributed by atoms with Gasteiger partial charge in [0.05, 0.1) is 17.5 Å². The molecule has 0 radical (unpaired) electrons. The number of nitrogens with zero attached hydrogens (tertiary/aromatic N) is 1. The summed E-state index contributed by atoms with van der Waals surface area (Å²) in [6.07, 6.45) is 3.36. The second kappa shape index (κ2) is 6.90. The third-order valence-electron chi connectivity index (χ3n) is 2.02. The van der Waals surface area contributed by atoms with E-state index >= 15 is 0 Å². The van der Waals surface area contributed by atoms with Crippen LogP contribution in [-0.2, 0) is 9.59 Å². The first kappa shape index (κ1) is 13.5. The first-order valence-corrected chi connectivity index (χ1v) is 6.24. The fourth-order valence-corrected chi connectivity index (χ4v) is 1.78. The van der Waals surface area contributed by atoms with Crippen LogP contribution in [0, 0.1) is 0 Å². The summed E-state index contributed by atoms with van der Waals surface area (Å²) in [7, 11) is 0. The molecule has 1 aromatic heterocycles. The Morgan fingerprint density at radius 3 is 2.88 bits per heavy atom. The van der Waals surface area contributed by atoms with E-state index in [1.165, 1.54) is 0 Å². The van der Waals surface area contributed by atoms with Crippen LogP contribution >= 0.6 is 11.8 Å². The van der Waals surface area contributed by atoms with E-state index in [2.05, 4.69) is 10.3 Å². The lowest BCUT2D eigenvalue weighted by Crippen LogP contribution is -2.28. The first-order chi connectivity index (χ1) is 8.09. The zero-order valence-electron chi connectivity index (χ0n) is 9.42. The number of amides is 1. The molecule has 1 heterocycles. The maximum Gasteiger partial charge on any atom is 0.313 e. The first-order valence-electron chi connectivity index (χ1n) is 5.08. The maximum atomic E-state index is 11.5. The molecule has 5 nitrogen and oxygen atoms in total. The number of aromatic nitrogens is 1. The van der Waals surface area contributed by atoms with E-state index in [1.807, 2.05) is 13.0 Å². The van der Waals surface area contributed by atoms with Crippen molar-refractivity contribution in [2.45, 2.75) is 13.0 Å². The predicted molar refractivity (Wildman–Crippen MR) is 65.8 cm³/mol. The molecule has 1 amide bonds. The lowest BCUT2D eigenvalue weighted by Gasteiger charge is -2.13. The van der Waals surface area contributed by atoms with Crippen LogP contribution in [0.1, 0.15) is 18.5 Å². The minimum Gasteiger partial charge on any atom is -0.481 e. The van der Waals surface area contributed by atoms with Gasteiger partial charge in [0.15, 0.2) is 0 Å². The van der Waals surface area contributed by atoms with Gasteiger partial charge in [-0.2, -0.15) is 0 Å². The van der Waals surface area contributed by atoms with E-state index in [1.54, 1.807) is 18.5 Å². The second-order valence-corrected chi connectivity index (χ2v) is 4.45. The molecule has 2 N–H and O–H groups in total. The van der Waals surface area contributed by atoms with Crippen molar-refractivity contribution in [1.29, 1.82) is 0 Å². The van der Waals surface area contributed by atoms with Crippen molar-refractivity contribution in [3.63, 3.8) is 0 Å². The van der Waals surface area contributed by atoms with Crippen molar-refractivity contribution in [3.05, 3.63) is 30.1 Å². The third kappa shape index (κ3) is 5.35. The summed E-state index contributed by atoms with van der Waals surface area (Å²) >= 11 is 1.08. The highest BCUT2D eigenvalue weighted by atomic mass is 32.2. The van der Waals surface area contributed by atoms with Crippen molar-refractivity contribution in [2.24, 2.45) is 0 Å². The van der Waals surface area contributed by atoms with Crippen LogP contribution in [0.4, 0.5) is 0 Å². The van der Waals surface area contributed by atoms with E-state index in [9.17, 15) is 9.59 Å². The average molecular weight is 254 g/mol. The molecule has 0 spiro atoms. The van der Waals surface area contributed by atoms with Gasteiger partial charge in [-0.05, 0) is 18.6 Å². The number of nitrogens with one attached hydrogen (secondary N) is 1. The van der Waals surface area contributed by atoms with Gasteiger partial charge in [-0.1, -0.05) is 6.07 Å². The largest absolute Gasteiger partial charge is 0.481 e. The van der Waals surface area contributed by atoms with E-state index in [-0.39, 0.29) is 23.5 Å². The molecule has 17 heavy (non-hydrogen) atoms. The monoisotopic (exact) mass is 254 g/mol. The summed E-state index contributed by atoms with van der Waals surface area (Å²) in [5.41, 5.74) is 0.920. The topological polar surface area (TPSA) is 79.3 Å². The molecular weight excluding hydrogens is 240 g/mol. The number of carbonyl (C=O) groups is 2. The van der Waals surface area contributed by atoms with Crippen molar-refractivity contribution in [3.8, 4) is 0 Å². The Balaban J connectivity index is 2.34. The molecule has 0 saturated carbocycles. The lowest BCUT2D eigenvalue weighted by atomic mass is 10.1. The van der Waals surface area contributed by atoms with Gasteiger partial charge in [0.25, 0.3) is 0 Å². The molecule has 0 aromatic carbocycles. The quantitative estimate of drug-likeness (QED) is 0.794. The third-order valence-corrected chi connectivity index (χ3v) is 2.94. The minimum atomic E-state index is -0.914. The fraction of sp³-hybridized carbons (Fsp3) is 0.364.